The highest BCUT2D eigenvalue weighted by Crippen LogP contribution is 1.99. The summed E-state index contributed by atoms with van der Waals surface area (Å²) in [6, 6.07) is 0.0483. The van der Waals surface area contributed by atoms with Gasteiger partial charge in [-0.15, -0.1) is 0 Å². The molecule has 1 N–H and O–H groups in total. The first-order chi connectivity index (χ1) is 5.70. The number of likely N-dealkylation sites (N-methyl/N-ethyl adjacent to an activating group) is 1. The third-order valence-corrected chi connectivity index (χ3v) is 1.91. The van der Waals surface area contributed by atoms with Crippen LogP contribution in [0.15, 0.2) is 0 Å². The molecule has 12 heavy (non-hydrogen) atoms. The van der Waals surface area contributed by atoms with Crippen molar-refractivity contribution in [2.45, 2.75) is 25.3 Å². The number of unbranched alkanes of at least 4 members (excludes halogenated alkanes) is 1. The number of nitrogens with zero attached hydrogens (tertiary/aromatic N) is 1. The molecule has 0 aliphatic carbocycles. The summed E-state index contributed by atoms with van der Waals surface area (Å²) in [6.07, 6.45) is 4.21. The van der Waals surface area contributed by atoms with Gasteiger partial charge in [0.15, 0.2) is 0 Å². The van der Waals surface area contributed by atoms with Gasteiger partial charge in [0.1, 0.15) is 6.29 Å². The second-order valence-electron chi connectivity index (χ2n) is 3.33. The van der Waals surface area contributed by atoms with Gasteiger partial charge in [-0.2, -0.15) is 0 Å². The van der Waals surface area contributed by atoms with Gasteiger partial charge in [-0.1, -0.05) is 6.42 Å². The molecule has 0 spiro atoms. The zero-order chi connectivity index (χ0) is 9.40. The highest BCUT2D eigenvalue weighted by Gasteiger charge is 2.02. The van der Waals surface area contributed by atoms with Crippen LogP contribution in [-0.4, -0.2) is 44.9 Å². The standard InChI is InChI=1S/C9H20N2O/c1-10-9(8-12)6-4-5-7-11(2)3/h8-10H,4-7H2,1-3H3. The Hall–Kier alpha value is -0.410. The second kappa shape index (κ2) is 7.25. The minimum Gasteiger partial charge on any atom is -0.311 e. The molecular formula is C9H20N2O. The van der Waals surface area contributed by atoms with Gasteiger partial charge in [0, 0.05) is 0 Å². The van der Waals surface area contributed by atoms with Crippen LogP contribution in [0.2, 0.25) is 0 Å². The number of hydrogen-bond donors (Lipinski definition) is 1. The Morgan fingerprint density at radius 3 is 2.50 bits per heavy atom. The summed E-state index contributed by atoms with van der Waals surface area (Å²) in [4.78, 5) is 12.6. The lowest BCUT2D eigenvalue weighted by atomic mass is 10.1. The molecule has 1 unspecified atom stereocenters. The van der Waals surface area contributed by atoms with Crippen LogP contribution in [0.5, 0.6) is 0 Å². The zero-order valence-corrected chi connectivity index (χ0v) is 8.34. The van der Waals surface area contributed by atoms with Gasteiger partial charge in [0.25, 0.3) is 0 Å². The van der Waals surface area contributed by atoms with Crippen LogP contribution in [0.4, 0.5) is 0 Å². The van der Waals surface area contributed by atoms with E-state index in [1.165, 1.54) is 6.42 Å². The third-order valence-electron chi connectivity index (χ3n) is 1.91. The van der Waals surface area contributed by atoms with Crippen LogP contribution >= 0.6 is 0 Å². The lowest BCUT2D eigenvalue weighted by molar-refractivity contribution is -0.109. The minimum absolute atomic E-state index is 0.0483. The Labute approximate surface area is 75.1 Å². The monoisotopic (exact) mass is 172 g/mol. The van der Waals surface area contributed by atoms with Gasteiger partial charge in [-0.3, -0.25) is 0 Å². The van der Waals surface area contributed by atoms with Gasteiger partial charge >= 0.3 is 0 Å². The fourth-order valence-electron chi connectivity index (χ4n) is 1.07. The normalized spacial score (nSPS) is 13.3. The van der Waals surface area contributed by atoms with Crippen LogP contribution < -0.4 is 5.32 Å². The minimum atomic E-state index is 0.0483. The van der Waals surface area contributed by atoms with Crippen molar-refractivity contribution in [3.63, 3.8) is 0 Å². The summed E-state index contributed by atoms with van der Waals surface area (Å²) in [5, 5.41) is 2.96. The molecule has 0 bridgehead atoms. The van der Waals surface area contributed by atoms with Crippen molar-refractivity contribution in [3.8, 4) is 0 Å². The maximum atomic E-state index is 10.4. The molecule has 0 aromatic carbocycles. The van der Waals surface area contributed by atoms with E-state index < -0.39 is 0 Å². The van der Waals surface area contributed by atoms with E-state index in [0.29, 0.717) is 0 Å². The van der Waals surface area contributed by atoms with E-state index in [4.69, 9.17) is 0 Å². The smallest absolute Gasteiger partial charge is 0.136 e. The first-order valence-corrected chi connectivity index (χ1v) is 4.48. The van der Waals surface area contributed by atoms with Crippen molar-refractivity contribution >= 4 is 6.29 Å². The second-order valence-corrected chi connectivity index (χ2v) is 3.33. The summed E-state index contributed by atoms with van der Waals surface area (Å²) in [5.74, 6) is 0. The lowest BCUT2D eigenvalue weighted by Crippen LogP contribution is -2.26. The molecule has 0 saturated heterocycles. The van der Waals surface area contributed by atoms with Gasteiger partial charge < -0.3 is 15.0 Å². The van der Waals surface area contributed by atoms with Crippen molar-refractivity contribution in [1.82, 2.24) is 10.2 Å². The molecule has 0 heterocycles. The maximum Gasteiger partial charge on any atom is 0.136 e. The largest absolute Gasteiger partial charge is 0.311 e. The van der Waals surface area contributed by atoms with Crippen LogP contribution in [0.3, 0.4) is 0 Å². The van der Waals surface area contributed by atoms with E-state index in [1.807, 2.05) is 7.05 Å². The molecule has 0 amide bonds. The number of aldehydes is 1. The Kier molecular flexibility index (Phi) is 7.00. The van der Waals surface area contributed by atoms with E-state index in [2.05, 4.69) is 24.3 Å². The Balaban J connectivity index is 3.23. The number of hydrogen-bond acceptors (Lipinski definition) is 3. The summed E-state index contributed by atoms with van der Waals surface area (Å²) in [6.45, 7) is 1.11. The van der Waals surface area contributed by atoms with Crippen LogP contribution in [0.1, 0.15) is 19.3 Å². The van der Waals surface area contributed by atoms with Crippen LogP contribution in [0.25, 0.3) is 0 Å². The third kappa shape index (κ3) is 6.31. The van der Waals surface area contributed by atoms with E-state index in [0.717, 1.165) is 25.7 Å². The zero-order valence-electron chi connectivity index (χ0n) is 8.34. The highest BCUT2D eigenvalue weighted by atomic mass is 16.1. The van der Waals surface area contributed by atoms with Crippen molar-refractivity contribution in [2.24, 2.45) is 0 Å². The molecule has 0 aliphatic rings. The van der Waals surface area contributed by atoms with E-state index in [1.54, 1.807) is 0 Å². The number of carbonyl (C=O) groups excluding carboxylic acids is 1. The summed E-state index contributed by atoms with van der Waals surface area (Å²) in [5.41, 5.74) is 0. The molecule has 0 rings (SSSR count). The molecule has 1 atom stereocenters. The lowest BCUT2D eigenvalue weighted by Gasteiger charge is -2.11. The van der Waals surface area contributed by atoms with E-state index in [9.17, 15) is 4.79 Å². The summed E-state index contributed by atoms with van der Waals surface area (Å²) >= 11 is 0. The average molecular weight is 172 g/mol. The first-order valence-electron chi connectivity index (χ1n) is 4.48. The Bertz CT molecular complexity index is 115. The number of nitrogens with one attached hydrogen (secondary N) is 1. The SMILES string of the molecule is CNC(C=O)CCCCN(C)C. The van der Waals surface area contributed by atoms with Crippen molar-refractivity contribution in [3.05, 3.63) is 0 Å². The van der Waals surface area contributed by atoms with Gasteiger partial charge in [0.05, 0.1) is 6.04 Å². The average Bonchev–Trinajstić information content (AvgIpc) is 2.04. The molecule has 3 heteroatoms. The summed E-state index contributed by atoms with van der Waals surface area (Å²) < 4.78 is 0. The predicted molar refractivity (Wildman–Crippen MR) is 51.3 cm³/mol. The maximum absolute atomic E-state index is 10.4. The molecular weight excluding hydrogens is 152 g/mol. The Morgan fingerprint density at radius 1 is 1.42 bits per heavy atom. The van der Waals surface area contributed by atoms with Crippen LogP contribution in [0, 0.1) is 0 Å². The molecule has 0 fully saturated rings. The molecule has 0 aromatic heterocycles. The fourth-order valence-corrected chi connectivity index (χ4v) is 1.07. The molecule has 0 aliphatic heterocycles. The molecule has 0 radical (unpaired) electrons. The molecule has 0 aromatic rings. The quantitative estimate of drug-likeness (QED) is 0.448. The molecule has 72 valence electrons. The van der Waals surface area contributed by atoms with Crippen LogP contribution in [-0.2, 0) is 4.79 Å². The molecule has 0 saturated carbocycles. The van der Waals surface area contributed by atoms with Crippen molar-refractivity contribution < 1.29 is 4.79 Å². The molecule has 3 nitrogen and oxygen atoms in total. The number of rotatable bonds is 7. The number of carbonyl (C=O) groups is 1. The van der Waals surface area contributed by atoms with E-state index >= 15 is 0 Å². The van der Waals surface area contributed by atoms with Gasteiger partial charge in [-0.05, 0) is 40.5 Å². The van der Waals surface area contributed by atoms with E-state index in [-0.39, 0.29) is 6.04 Å². The Morgan fingerprint density at radius 2 is 2.08 bits per heavy atom. The van der Waals surface area contributed by atoms with Gasteiger partial charge in [-0.25, -0.2) is 0 Å². The highest BCUT2D eigenvalue weighted by molar-refractivity contribution is 5.57. The summed E-state index contributed by atoms with van der Waals surface area (Å²) in [7, 11) is 5.95. The van der Waals surface area contributed by atoms with Crippen molar-refractivity contribution in [2.75, 3.05) is 27.7 Å². The first kappa shape index (κ1) is 11.6. The van der Waals surface area contributed by atoms with Gasteiger partial charge in [0.2, 0.25) is 0 Å². The topological polar surface area (TPSA) is 32.3 Å². The van der Waals surface area contributed by atoms with Crippen molar-refractivity contribution in [1.29, 1.82) is 0 Å². The predicted octanol–water partition coefficient (Wildman–Crippen LogP) is 0.505. The fraction of sp³-hybridized carbons (Fsp3) is 0.889.